The molecule has 0 bridgehead atoms. The summed E-state index contributed by atoms with van der Waals surface area (Å²) in [6.07, 6.45) is 1.23. The molecule has 0 spiro atoms. The number of aromatic nitrogens is 2. The lowest BCUT2D eigenvalue weighted by Crippen LogP contribution is -2.28. The zero-order chi connectivity index (χ0) is 14.6. The number of thioether (sulfide) groups is 1. The van der Waals surface area contributed by atoms with E-state index >= 15 is 0 Å². The Morgan fingerprint density at radius 2 is 2.05 bits per heavy atom. The minimum absolute atomic E-state index is 0.0270. The Kier molecular flexibility index (Phi) is 5.13. The van der Waals surface area contributed by atoms with Crippen molar-refractivity contribution in [3.63, 3.8) is 0 Å². The second-order valence-corrected chi connectivity index (χ2v) is 7.39. The van der Waals surface area contributed by atoms with Crippen LogP contribution in [0.3, 0.4) is 0 Å². The third-order valence-electron chi connectivity index (χ3n) is 3.29. The van der Waals surface area contributed by atoms with Gasteiger partial charge < -0.3 is 10.2 Å². The van der Waals surface area contributed by atoms with Gasteiger partial charge in [-0.05, 0) is 19.1 Å². The molecule has 0 radical (unpaired) electrons. The normalized spacial score (nSPS) is 16.9. The van der Waals surface area contributed by atoms with Gasteiger partial charge in [0.1, 0.15) is 17.5 Å². The van der Waals surface area contributed by atoms with Gasteiger partial charge in [0.25, 0.3) is 0 Å². The van der Waals surface area contributed by atoms with Crippen LogP contribution in [0.2, 0.25) is 0 Å². The lowest BCUT2D eigenvalue weighted by atomic mass is 9.96. The van der Waals surface area contributed by atoms with Crippen LogP contribution in [0, 0.1) is 0 Å². The first-order valence-electron chi connectivity index (χ1n) is 7.47. The van der Waals surface area contributed by atoms with E-state index < -0.39 is 0 Å². The summed E-state index contributed by atoms with van der Waals surface area (Å²) in [7, 11) is 0. The summed E-state index contributed by atoms with van der Waals surface area (Å²) in [5.74, 6) is 5.38. The summed E-state index contributed by atoms with van der Waals surface area (Å²) in [4.78, 5) is 11.9. The van der Waals surface area contributed by atoms with Gasteiger partial charge in [-0.3, -0.25) is 0 Å². The Labute approximate surface area is 126 Å². The summed E-state index contributed by atoms with van der Waals surface area (Å²) in [6, 6.07) is 2.09. The molecule has 0 aromatic carbocycles. The van der Waals surface area contributed by atoms with Crippen molar-refractivity contribution < 1.29 is 0 Å². The molecule has 0 aliphatic carbocycles. The average Bonchev–Trinajstić information content (AvgIpc) is 2.66. The van der Waals surface area contributed by atoms with Crippen molar-refractivity contribution in [2.45, 2.75) is 39.5 Å². The first kappa shape index (κ1) is 15.4. The topological polar surface area (TPSA) is 41.0 Å². The van der Waals surface area contributed by atoms with Crippen LogP contribution in [-0.4, -0.2) is 41.1 Å². The molecule has 1 aromatic rings. The van der Waals surface area contributed by atoms with Crippen LogP contribution in [0.25, 0.3) is 0 Å². The molecular weight excluding hydrogens is 268 g/mol. The monoisotopic (exact) mass is 294 g/mol. The Hall–Kier alpha value is -0.970. The summed E-state index contributed by atoms with van der Waals surface area (Å²) in [5.41, 5.74) is -0.0270. The van der Waals surface area contributed by atoms with Crippen LogP contribution in [0.1, 0.15) is 39.9 Å². The molecule has 1 N–H and O–H groups in total. The van der Waals surface area contributed by atoms with E-state index in [9.17, 15) is 0 Å². The van der Waals surface area contributed by atoms with Crippen molar-refractivity contribution in [1.29, 1.82) is 0 Å². The summed E-state index contributed by atoms with van der Waals surface area (Å²) >= 11 is 2.04. The molecule has 2 heterocycles. The first-order valence-corrected chi connectivity index (χ1v) is 8.62. The fraction of sp³-hybridized carbons (Fsp3) is 0.733. The molecule has 1 fully saturated rings. The van der Waals surface area contributed by atoms with Crippen LogP contribution < -0.4 is 10.2 Å². The zero-order valence-electron chi connectivity index (χ0n) is 13.1. The predicted molar refractivity (Wildman–Crippen MR) is 89.1 cm³/mol. The number of hydrogen-bond acceptors (Lipinski definition) is 5. The van der Waals surface area contributed by atoms with Crippen LogP contribution in [0.15, 0.2) is 6.07 Å². The zero-order valence-corrected chi connectivity index (χ0v) is 13.9. The Bertz CT molecular complexity index is 434. The average molecular weight is 294 g/mol. The highest BCUT2D eigenvalue weighted by atomic mass is 32.2. The molecule has 4 nitrogen and oxygen atoms in total. The Morgan fingerprint density at radius 1 is 1.25 bits per heavy atom. The Morgan fingerprint density at radius 3 is 2.75 bits per heavy atom. The van der Waals surface area contributed by atoms with E-state index in [2.05, 4.69) is 49.0 Å². The van der Waals surface area contributed by atoms with Crippen molar-refractivity contribution in [1.82, 2.24) is 9.97 Å². The lowest BCUT2D eigenvalue weighted by molar-refractivity contribution is 0.544. The number of rotatable bonds is 3. The first-order chi connectivity index (χ1) is 9.50. The minimum Gasteiger partial charge on any atom is -0.370 e. The summed E-state index contributed by atoms with van der Waals surface area (Å²) in [6.45, 7) is 11.7. The van der Waals surface area contributed by atoms with Gasteiger partial charge in [-0.2, -0.15) is 11.8 Å². The van der Waals surface area contributed by atoms with Gasteiger partial charge in [0.2, 0.25) is 0 Å². The molecule has 1 aliphatic heterocycles. The molecule has 1 aromatic heterocycles. The SMILES string of the molecule is CCNc1cc(N2CCCSCC2)nc(C(C)(C)C)n1. The molecule has 1 saturated heterocycles. The third kappa shape index (κ3) is 4.01. The molecule has 0 atom stereocenters. The van der Waals surface area contributed by atoms with E-state index in [-0.39, 0.29) is 5.41 Å². The van der Waals surface area contributed by atoms with Crippen LogP contribution in [0.5, 0.6) is 0 Å². The number of nitrogens with zero attached hydrogens (tertiary/aromatic N) is 3. The molecular formula is C15H26N4S. The summed E-state index contributed by atoms with van der Waals surface area (Å²) < 4.78 is 0. The standard InChI is InChI=1S/C15H26N4S/c1-5-16-12-11-13(18-14(17-12)15(2,3)4)19-7-6-9-20-10-8-19/h11H,5-10H2,1-4H3,(H,16,17,18). The molecule has 0 saturated carbocycles. The van der Waals surface area contributed by atoms with Gasteiger partial charge in [0.05, 0.1) is 0 Å². The van der Waals surface area contributed by atoms with Gasteiger partial charge >= 0.3 is 0 Å². The van der Waals surface area contributed by atoms with Crippen LogP contribution in [0.4, 0.5) is 11.6 Å². The highest BCUT2D eigenvalue weighted by Gasteiger charge is 2.21. The second-order valence-electron chi connectivity index (χ2n) is 6.17. The van der Waals surface area contributed by atoms with E-state index in [1.807, 2.05) is 11.8 Å². The van der Waals surface area contributed by atoms with Crippen LogP contribution >= 0.6 is 11.8 Å². The van der Waals surface area contributed by atoms with Crippen LogP contribution in [-0.2, 0) is 5.41 Å². The van der Waals surface area contributed by atoms with E-state index in [0.29, 0.717) is 0 Å². The van der Waals surface area contributed by atoms with Gasteiger partial charge in [0, 0.05) is 36.9 Å². The molecule has 20 heavy (non-hydrogen) atoms. The van der Waals surface area contributed by atoms with E-state index in [1.165, 1.54) is 17.9 Å². The quantitative estimate of drug-likeness (QED) is 0.927. The Balaban J connectivity index is 2.32. The molecule has 1 aliphatic rings. The minimum atomic E-state index is -0.0270. The predicted octanol–water partition coefficient (Wildman–Crippen LogP) is 3.15. The second kappa shape index (κ2) is 6.66. The maximum absolute atomic E-state index is 4.82. The van der Waals surface area contributed by atoms with E-state index in [0.717, 1.165) is 37.1 Å². The number of nitrogens with one attached hydrogen (secondary N) is 1. The number of hydrogen-bond donors (Lipinski definition) is 1. The van der Waals surface area contributed by atoms with Crippen molar-refractivity contribution in [2.75, 3.05) is 41.4 Å². The van der Waals surface area contributed by atoms with E-state index in [1.54, 1.807) is 0 Å². The summed E-state index contributed by atoms with van der Waals surface area (Å²) in [5, 5.41) is 3.33. The van der Waals surface area contributed by atoms with E-state index in [4.69, 9.17) is 4.98 Å². The lowest BCUT2D eigenvalue weighted by Gasteiger charge is -2.25. The fourth-order valence-corrected chi connectivity index (χ4v) is 3.07. The maximum atomic E-state index is 4.82. The highest BCUT2D eigenvalue weighted by Crippen LogP contribution is 2.25. The largest absolute Gasteiger partial charge is 0.370 e. The van der Waals surface area contributed by atoms with Gasteiger partial charge in [-0.25, -0.2) is 9.97 Å². The molecule has 2 rings (SSSR count). The highest BCUT2D eigenvalue weighted by molar-refractivity contribution is 7.99. The fourth-order valence-electron chi connectivity index (χ4n) is 2.18. The van der Waals surface area contributed by atoms with Crippen molar-refractivity contribution in [3.05, 3.63) is 11.9 Å². The van der Waals surface area contributed by atoms with Gasteiger partial charge in [-0.1, -0.05) is 20.8 Å². The van der Waals surface area contributed by atoms with Gasteiger partial charge in [0.15, 0.2) is 0 Å². The van der Waals surface area contributed by atoms with Crippen molar-refractivity contribution in [2.24, 2.45) is 0 Å². The number of anilines is 2. The molecule has 112 valence electrons. The molecule has 5 heteroatoms. The van der Waals surface area contributed by atoms with Crippen molar-refractivity contribution in [3.8, 4) is 0 Å². The molecule has 0 amide bonds. The van der Waals surface area contributed by atoms with Crippen molar-refractivity contribution >= 4 is 23.4 Å². The maximum Gasteiger partial charge on any atom is 0.138 e. The van der Waals surface area contributed by atoms with Gasteiger partial charge in [-0.15, -0.1) is 0 Å². The third-order valence-corrected chi connectivity index (χ3v) is 4.34. The smallest absolute Gasteiger partial charge is 0.138 e. The molecule has 0 unspecified atom stereocenters.